The summed E-state index contributed by atoms with van der Waals surface area (Å²) in [5.74, 6) is -0.791. The van der Waals surface area contributed by atoms with Crippen LogP contribution in [0.2, 0.25) is 0 Å². The van der Waals surface area contributed by atoms with Crippen LogP contribution in [0.1, 0.15) is 66.8 Å². The molecule has 5 rings (SSSR count). The van der Waals surface area contributed by atoms with Crippen LogP contribution in [-0.2, 0) is 18.0 Å². The highest BCUT2D eigenvalue weighted by molar-refractivity contribution is 7.17. The smallest absolute Gasteiger partial charge is 0.225 e. The van der Waals surface area contributed by atoms with Gasteiger partial charge in [0, 0.05) is 41.7 Å². The maximum atomic E-state index is 16.8. The number of nitrogen functional groups attached to an aromatic ring is 1. The summed E-state index contributed by atoms with van der Waals surface area (Å²) in [4.78, 5) is 11.2. The van der Waals surface area contributed by atoms with E-state index in [4.69, 9.17) is 10.5 Å². The maximum absolute atomic E-state index is 16.8. The summed E-state index contributed by atoms with van der Waals surface area (Å²) in [6.45, 7) is 8.32. The molecule has 6 nitrogen and oxygen atoms in total. The molecule has 39 heavy (non-hydrogen) atoms. The molecule has 3 aromatic rings. The first-order valence-electron chi connectivity index (χ1n) is 13.0. The van der Waals surface area contributed by atoms with E-state index >= 15 is 8.78 Å². The molecule has 0 bridgehead atoms. The average Bonchev–Trinajstić information content (AvgIpc) is 3.66. The Balaban J connectivity index is 1.81. The van der Waals surface area contributed by atoms with Crippen LogP contribution >= 0.6 is 11.3 Å². The first kappa shape index (κ1) is 27.2. The molecule has 0 radical (unpaired) electrons. The van der Waals surface area contributed by atoms with Crippen molar-refractivity contribution >= 4 is 44.6 Å². The summed E-state index contributed by atoms with van der Waals surface area (Å²) < 4.78 is 51.2. The summed E-state index contributed by atoms with van der Waals surface area (Å²) in [5.41, 5.74) is 9.55. The lowest BCUT2D eigenvalue weighted by atomic mass is 9.85. The zero-order valence-electron chi connectivity index (χ0n) is 22.4. The van der Waals surface area contributed by atoms with Crippen LogP contribution in [0.4, 0.5) is 24.1 Å². The largest absolute Gasteiger partial charge is 0.389 e. The minimum Gasteiger partial charge on any atom is -0.389 e. The predicted molar refractivity (Wildman–Crippen MR) is 149 cm³/mol. The van der Waals surface area contributed by atoms with Gasteiger partial charge in [0.1, 0.15) is 22.4 Å². The van der Waals surface area contributed by atoms with Crippen LogP contribution in [-0.4, -0.2) is 29.7 Å². The fraction of sp³-hybridized carbons (Fsp3) is 0.414. The topological polar surface area (TPSA) is 88.1 Å². The quantitative estimate of drug-likeness (QED) is 0.357. The Morgan fingerprint density at radius 3 is 2.69 bits per heavy atom. The fourth-order valence-electron chi connectivity index (χ4n) is 5.54. The standard InChI is InChI=1S/C29H30F3N5OS/c1-5-14(3)22(24-17(8-33)28(34)39-27(24)21(31)6-2)23-20-13-38-12-19(20)18-9-35-29(36-26(18)25(23)32)37-10-15(4)16(7-30)11-37/h6,9,15-16H,5,7,10-13,34H2,1-4H3/b21-6+,22-14+. The number of fused-ring (bicyclic) bond motifs is 3. The first-order valence-corrected chi connectivity index (χ1v) is 13.8. The van der Waals surface area contributed by atoms with Gasteiger partial charge in [-0.3, -0.25) is 4.39 Å². The number of anilines is 2. The number of rotatable bonds is 6. The molecule has 4 heterocycles. The number of halogens is 3. The van der Waals surface area contributed by atoms with Crippen LogP contribution < -0.4 is 10.6 Å². The molecule has 0 aliphatic carbocycles. The van der Waals surface area contributed by atoms with Gasteiger partial charge in [-0.05, 0) is 42.9 Å². The van der Waals surface area contributed by atoms with Gasteiger partial charge in [-0.15, -0.1) is 11.3 Å². The third kappa shape index (κ3) is 4.38. The van der Waals surface area contributed by atoms with E-state index in [-0.39, 0.29) is 57.1 Å². The monoisotopic (exact) mass is 553 g/mol. The van der Waals surface area contributed by atoms with Crippen LogP contribution in [0, 0.1) is 29.0 Å². The molecule has 0 saturated carbocycles. The molecule has 10 heteroatoms. The molecule has 2 N–H and O–H groups in total. The summed E-state index contributed by atoms with van der Waals surface area (Å²) in [7, 11) is 0. The highest BCUT2D eigenvalue weighted by Crippen LogP contribution is 2.47. The van der Waals surface area contributed by atoms with Crippen molar-refractivity contribution in [2.75, 3.05) is 30.4 Å². The Morgan fingerprint density at radius 1 is 1.31 bits per heavy atom. The number of hydrogen-bond donors (Lipinski definition) is 1. The van der Waals surface area contributed by atoms with Crippen LogP contribution in [0.3, 0.4) is 0 Å². The van der Waals surface area contributed by atoms with Crippen molar-refractivity contribution < 1.29 is 17.9 Å². The number of nitrogens with zero attached hydrogens (tertiary/aromatic N) is 4. The Kier molecular flexibility index (Phi) is 7.40. The molecule has 1 fully saturated rings. The normalized spacial score (nSPS) is 19.9. The van der Waals surface area contributed by atoms with E-state index in [0.717, 1.165) is 22.5 Å². The molecule has 1 saturated heterocycles. The van der Waals surface area contributed by atoms with Crippen molar-refractivity contribution in [3.8, 4) is 6.07 Å². The highest BCUT2D eigenvalue weighted by Gasteiger charge is 2.34. The van der Waals surface area contributed by atoms with Gasteiger partial charge in [-0.2, -0.15) is 5.26 Å². The minimum absolute atomic E-state index is 0.117. The Bertz CT molecular complexity index is 1570. The maximum Gasteiger partial charge on any atom is 0.225 e. The molecule has 2 atom stereocenters. The van der Waals surface area contributed by atoms with E-state index in [1.807, 2.05) is 25.7 Å². The second kappa shape index (κ2) is 10.6. The molecule has 2 aromatic heterocycles. The van der Waals surface area contributed by atoms with Crippen LogP contribution in [0.25, 0.3) is 22.3 Å². The number of aromatic nitrogens is 2. The number of benzene rings is 1. The summed E-state index contributed by atoms with van der Waals surface area (Å²) in [6, 6.07) is 2.12. The van der Waals surface area contributed by atoms with Gasteiger partial charge in [0.25, 0.3) is 0 Å². The molecule has 2 aliphatic rings. The third-order valence-electron chi connectivity index (χ3n) is 7.91. The van der Waals surface area contributed by atoms with Crippen molar-refractivity contribution in [3.05, 3.63) is 56.4 Å². The van der Waals surface area contributed by atoms with Crippen LogP contribution in [0.5, 0.6) is 0 Å². The van der Waals surface area contributed by atoms with E-state index < -0.39 is 18.3 Å². The summed E-state index contributed by atoms with van der Waals surface area (Å²) in [6.07, 6.45) is 3.45. The zero-order valence-corrected chi connectivity index (χ0v) is 23.2. The lowest BCUT2D eigenvalue weighted by Gasteiger charge is -2.21. The Labute approximate surface area is 229 Å². The number of thiophene rings is 1. The molecule has 204 valence electrons. The average molecular weight is 554 g/mol. The molecular formula is C29H30F3N5OS. The zero-order chi connectivity index (χ0) is 28.0. The number of nitrogens with two attached hydrogens (primary N) is 1. The second-order valence-electron chi connectivity index (χ2n) is 10.2. The number of alkyl halides is 1. The highest BCUT2D eigenvalue weighted by atomic mass is 32.1. The predicted octanol–water partition coefficient (Wildman–Crippen LogP) is 6.92. The number of ether oxygens (including phenoxy) is 1. The summed E-state index contributed by atoms with van der Waals surface area (Å²) in [5, 5.41) is 10.7. The SMILES string of the molecule is C/C=C(/F)c1sc(N)c(C#N)c1/C(=C(\C)CC)c1c2c(c3cnc(N4CC(C)C(CF)C4)nc3c1F)COC2. The van der Waals surface area contributed by atoms with E-state index in [1.54, 1.807) is 13.1 Å². The van der Waals surface area contributed by atoms with Crippen LogP contribution in [0.15, 0.2) is 17.8 Å². The van der Waals surface area contributed by atoms with E-state index in [9.17, 15) is 9.65 Å². The van der Waals surface area contributed by atoms with Crippen molar-refractivity contribution in [2.45, 2.75) is 47.3 Å². The van der Waals surface area contributed by atoms with Gasteiger partial charge in [0.2, 0.25) is 5.95 Å². The molecule has 2 unspecified atom stereocenters. The van der Waals surface area contributed by atoms with Crippen molar-refractivity contribution in [3.63, 3.8) is 0 Å². The lowest BCUT2D eigenvalue weighted by Crippen LogP contribution is -2.22. The summed E-state index contributed by atoms with van der Waals surface area (Å²) >= 11 is 0.975. The molecule has 1 aromatic carbocycles. The van der Waals surface area contributed by atoms with E-state index in [0.29, 0.717) is 42.0 Å². The van der Waals surface area contributed by atoms with Crippen molar-refractivity contribution in [2.24, 2.45) is 11.8 Å². The molecule has 0 spiro atoms. The lowest BCUT2D eigenvalue weighted by molar-refractivity contribution is 0.134. The molecule has 0 amide bonds. The van der Waals surface area contributed by atoms with E-state index in [1.165, 1.54) is 6.08 Å². The fourth-order valence-corrected chi connectivity index (χ4v) is 6.53. The van der Waals surface area contributed by atoms with Gasteiger partial charge < -0.3 is 15.4 Å². The number of nitriles is 1. The second-order valence-corrected chi connectivity index (χ2v) is 11.2. The first-order chi connectivity index (χ1) is 18.7. The van der Waals surface area contributed by atoms with Gasteiger partial charge in [0.15, 0.2) is 5.82 Å². The molecule has 2 aliphatic heterocycles. The van der Waals surface area contributed by atoms with Gasteiger partial charge >= 0.3 is 0 Å². The van der Waals surface area contributed by atoms with Gasteiger partial charge in [-0.25, -0.2) is 18.7 Å². The van der Waals surface area contributed by atoms with Crippen molar-refractivity contribution in [1.82, 2.24) is 9.97 Å². The molecular weight excluding hydrogens is 523 g/mol. The van der Waals surface area contributed by atoms with Crippen molar-refractivity contribution in [1.29, 1.82) is 5.26 Å². The Morgan fingerprint density at radius 2 is 2.05 bits per heavy atom. The third-order valence-corrected chi connectivity index (χ3v) is 8.94. The van der Waals surface area contributed by atoms with Gasteiger partial charge in [0.05, 0.1) is 30.3 Å². The Hall–Kier alpha value is -3.42. The van der Waals surface area contributed by atoms with E-state index in [2.05, 4.69) is 16.0 Å². The minimum atomic E-state index is -0.588. The van der Waals surface area contributed by atoms with Gasteiger partial charge in [-0.1, -0.05) is 25.5 Å². The number of allylic oxidation sites excluding steroid dienone is 2. The number of hydrogen-bond acceptors (Lipinski definition) is 7.